The van der Waals surface area contributed by atoms with E-state index in [4.69, 9.17) is 19.9 Å². The van der Waals surface area contributed by atoms with Crippen molar-refractivity contribution in [1.82, 2.24) is 15.0 Å². The van der Waals surface area contributed by atoms with Crippen LogP contribution in [0.3, 0.4) is 0 Å². The van der Waals surface area contributed by atoms with E-state index in [2.05, 4.69) is 32.5 Å². The summed E-state index contributed by atoms with van der Waals surface area (Å²) in [5, 5.41) is 6.58. The molecule has 0 unspecified atom stereocenters. The van der Waals surface area contributed by atoms with E-state index in [1.54, 1.807) is 0 Å². The predicted octanol–water partition coefficient (Wildman–Crippen LogP) is 1.81. The molecular weight excluding hydrogens is 348 g/mol. The van der Waals surface area contributed by atoms with Gasteiger partial charge in [-0.05, 0) is 19.3 Å². The fraction of sp³-hybridized carbons (Fsp3) is 0.833. The Balaban J connectivity index is 1.80. The molecule has 1 aliphatic carbocycles. The molecule has 0 bridgehead atoms. The summed E-state index contributed by atoms with van der Waals surface area (Å²) in [6, 6.07) is 0.790. The Bertz CT molecular complexity index is 514. The van der Waals surface area contributed by atoms with Crippen LogP contribution in [0, 0.1) is 0 Å². The molecule has 2 rings (SSSR count). The summed E-state index contributed by atoms with van der Waals surface area (Å²) in [5.41, 5.74) is 5.36. The molecule has 0 saturated heterocycles. The summed E-state index contributed by atoms with van der Waals surface area (Å²) in [7, 11) is 0. The number of nitrogens with zero attached hydrogens (tertiary/aromatic N) is 3. The molecule has 1 aromatic heterocycles. The molecule has 1 aromatic rings. The second-order valence-electron chi connectivity index (χ2n) is 6.53. The molecule has 1 aliphatic rings. The van der Waals surface area contributed by atoms with Crippen LogP contribution in [0.1, 0.15) is 45.4 Å². The molecule has 0 aromatic carbocycles. The van der Waals surface area contributed by atoms with Gasteiger partial charge < -0.3 is 30.6 Å². The first-order valence-electron chi connectivity index (χ1n) is 10.1. The lowest BCUT2D eigenvalue weighted by Gasteiger charge is -2.14. The van der Waals surface area contributed by atoms with Crippen LogP contribution in [-0.4, -0.2) is 67.1 Å². The quantitative estimate of drug-likeness (QED) is 0.390. The summed E-state index contributed by atoms with van der Waals surface area (Å²) < 4.78 is 16.4. The lowest BCUT2D eigenvalue weighted by atomic mass is 10.3. The van der Waals surface area contributed by atoms with Gasteiger partial charge in [0.15, 0.2) is 0 Å². The third-order valence-electron chi connectivity index (χ3n) is 4.20. The van der Waals surface area contributed by atoms with Gasteiger partial charge in [0.1, 0.15) is 0 Å². The van der Waals surface area contributed by atoms with E-state index >= 15 is 0 Å². The van der Waals surface area contributed by atoms with Crippen molar-refractivity contribution in [2.24, 2.45) is 5.73 Å². The number of ether oxygens (including phenoxy) is 3. The topological polar surface area (TPSA) is 116 Å². The first-order valence-corrected chi connectivity index (χ1v) is 10.1. The van der Waals surface area contributed by atoms with Gasteiger partial charge in [-0.3, -0.25) is 0 Å². The van der Waals surface area contributed by atoms with Gasteiger partial charge in [-0.15, -0.1) is 0 Å². The fourth-order valence-electron chi connectivity index (χ4n) is 2.77. The van der Waals surface area contributed by atoms with E-state index in [0.29, 0.717) is 70.1 Å². The molecule has 1 saturated carbocycles. The van der Waals surface area contributed by atoms with Crippen molar-refractivity contribution in [3.63, 3.8) is 0 Å². The van der Waals surface area contributed by atoms with Gasteiger partial charge in [0, 0.05) is 19.1 Å². The number of nitrogens with two attached hydrogens (primary N) is 1. The molecule has 0 aliphatic heterocycles. The average molecular weight is 383 g/mol. The third kappa shape index (κ3) is 9.16. The van der Waals surface area contributed by atoms with E-state index in [9.17, 15) is 0 Å². The van der Waals surface area contributed by atoms with Gasteiger partial charge in [0.2, 0.25) is 11.9 Å². The van der Waals surface area contributed by atoms with Crippen LogP contribution in [0.2, 0.25) is 0 Å². The monoisotopic (exact) mass is 382 g/mol. The summed E-state index contributed by atoms with van der Waals surface area (Å²) >= 11 is 0. The first kappa shape index (κ1) is 21.6. The molecule has 4 N–H and O–H groups in total. The van der Waals surface area contributed by atoms with Gasteiger partial charge in [0.25, 0.3) is 0 Å². The minimum atomic E-state index is 0.359. The van der Waals surface area contributed by atoms with Gasteiger partial charge in [-0.25, -0.2) is 0 Å². The molecule has 27 heavy (non-hydrogen) atoms. The van der Waals surface area contributed by atoms with Crippen molar-refractivity contribution in [3.05, 3.63) is 0 Å². The maximum atomic E-state index is 5.67. The molecule has 1 heterocycles. The first-order chi connectivity index (χ1) is 13.3. The van der Waals surface area contributed by atoms with Gasteiger partial charge >= 0.3 is 6.01 Å². The van der Waals surface area contributed by atoms with Crippen LogP contribution < -0.4 is 21.1 Å². The van der Waals surface area contributed by atoms with Crippen molar-refractivity contribution < 1.29 is 14.2 Å². The molecule has 0 amide bonds. The Hall–Kier alpha value is -1.71. The van der Waals surface area contributed by atoms with Crippen LogP contribution in [-0.2, 0) is 9.47 Å². The Morgan fingerprint density at radius 1 is 0.963 bits per heavy atom. The maximum absolute atomic E-state index is 5.67. The van der Waals surface area contributed by atoms with Crippen molar-refractivity contribution in [2.45, 2.75) is 51.5 Å². The molecule has 0 spiro atoms. The molecule has 0 atom stereocenters. The SMILES string of the molecule is CCCCOc1nc(NCCOCCOCCN)nc(NC2CCCC2)n1. The van der Waals surface area contributed by atoms with E-state index in [-0.39, 0.29) is 0 Å². The summed E-state index contributed by atoms with van der Waals surface area (Å²) in [5.74, 6) is 1.07. The highest BCUT2D eigenvalue weighted by molar-refractivity contribution is 5.36. The van der Waals surface area contributed by atoms with Crippen LogP contribution in [0.15, 0.2) is 0 Å². The smallest absolute Gasteiger partial charge is 0.323 e. The molecule has 9 heteroatoms. The highest BCUT2D eigenvalue weighted by Crippen LogP contribution is 2.22. The van der Waals surface area contributed by atoms with Crippen molar-refractivity contribution >= 4 is 11.9 Å². The Morgan fingerprint density at radius 2 is 1.70 bits per heavy atom. The standard InChI is InChI=1S/C18H34N6O3/c1-2-3-10-27-18-23-16(20-9-12-26-14-13-25-11-8-19)22-17(24-18)21-15-6-4-5-7-15/h15H,2-14,19H2,1H3,(H2,20,21,22,23,24). The second-order valence-corrected chi connectivity index (χ2v) is 6.53. The molecular formula is C18H34N6O3. The lowest BCUT2D eigenvalue weighted by Crippen LogP contribution is -2.19. The molecule has 154 valence electrons. The zero-order chi connectivity index (χ0) is 19.2. The number of unbranched alkanes of at least 4 members (excludes halogenated alkanes) is 1. The fourth-order valence-corrected chi connectivity index (χ4v) is 2.77. The number of nitrogens with one attached hydrogen (secondary N) is 2. The zero-order valence-electron chi connectivity index (χ0n) is 16.4. The number of rotatable bonds is 15. The Labute approximate surface area is 161 Å². The average Bonchev–Trinajstić information content (AvgIpc) is 3.17. The van der Waals surface area contributed by atoms with Crippen molar-refractivity contribution in [1.29, 1.82) is 0 Å². The number of hydrogen-bond acceptors (Lipinski definition) is 9. The number of anilines is 2. The lowest BCUT2D eigenvalue weighted by molar-refractivity contribution is 0.0547. The summed E-state index contributed by atoms with van der Waals surface area (Å²) in [6.45, 7) is 6.04. The highest BCUT2D eigenvalue weighted by atomic mass is 16.5. The van der Waals surface area contributed by atoms with Crippen LogP contribution in [0.5, 0.6) is 6.01 Å². The Morgan fingerprint density at radius 3 is 2.44 bits per heavy atom. The normalized spacial score (nSPS) is 14.4. The number of aromatic nitrogens is 3. The van der Waals surface area contributed by atoms with Gasteiger partial charge in [-0.1, -0.05) is 26.2 Å². The summed E-state index contributed by atoms with van der Waals surface area (Å²) in [4.78, 5) is 13.2. The van der Waals surface area contributed by atoms with Crippen molar-refractivity contribution in [3.8, 4) is 6.01 Å². The van der Waals surface area contributed by atoms with Gasteiger partial charge in [-0.2, -0.15) is 15.0 Å². The van der Waals surface area contributed by atoms with E-state index in [1.807, 2.05) is 0 Å². The minimum Gasteiger partial charge on any atom is -0.463 e. The predicted molar refractivity (Wildman–Crippen MR) is 105 cm³/mol. The third-order valence-corrected chi connectivity index (χ3v) is 4.20. The van der Waals surface area contributed by atoms with Crippen molar-refractivity contribution in [2.75, 3.05) is 56.8 Å². The molecule has 1 fully saturated rings. The molecule has 0 radical (unpaired) electrons. The van der Waals surface area contributed by atoms with E-state index < -0.39 is 0 Å². The Kier molecular flexibility index (Phi) is 10.8. The van der Waals surface area contributed by atoms with Gasteiger partial charge in [0.05, 0.1) is 33.0 Å². The number of hydrogen-bond donors (Lipinski definition) is 3. The second kappa shape index (κ2) is 13.5. The van der Waals surface area contributed by atoms with Crippen LogP contribution >= 0.6 is 0 Å². The van der Waals surface area contributed by atoms with E-state index in [0.717, 1.165) is 25.7 Å². The largest absolute Gasteiger partial charge is 0.463 e. The summed E-state index contributed by atoms with van der Waals surface area (Å²) in [6.07, 6.45) is 6.84. The van der Waals surface area contributed by atoms with Crippen LogP contribution in [0.25, 0.3) is 0 Å². The highest BCUT2D eigenvalue weighted by Gasteiger charge is 2.17. The van der Waals surface area contributed by atoms with Crippen LogP contribution in [0.4, 0.5) is 11.9 Å². The zero-order valence-corrected chi connectivity index (χ0v) is 16.4. The minimum absolute atomic E-state index is 0.359. The maximum Gasteiger partial charge on any atom is 0.323 e. The molecule has 9 nitrogen and oxygen atoms in total. The van der Waals surface area contributed by atoms with E-state index in [1.165, 1.54) is 12.8 Å².